The van der Waals surface area contributed by atoms with Gasteiger partial charge in [0.25, 0.3) is 0 Å². The van der Waals surface area contributed by atoms with E-state index in [1.807, 2.05) is 26.0 Å². The van der Waals surface area contributed by atoms with Crippen molar-refractivity contribution in [1.29, 1.82) is 0 Å². The van der Waals surface area contributed by atoms with E-state index in [0.717, 1.165) is 13.1 Å². The third-order valence-corrected chi connectivity index (χ3v) is 5.76. The molecule has 146 valence electrons. The molecule has 0 bridgehead atoms. The topological polar surface area (TPSA) is 102 Å². The van der Waals surface area contributed by atoms with Gasteiger partial charge in [0.2, 0.25) is 5.91 Å². The third-order valence-electron chi connectivity index (χ3n) is 5.76. The number of nitrogens with zero attached hydrogens (tertiary/aromatic N) is 2. The molecule has 0 spiro atoms. The van der Waals surface area contributed by atoms with Crippen molar-refractivity contribution >= 4 is 19.0 Å². The van der Waals surface area contributed by atoms with Crippen molar-refractivity contribution in [3.63, 3.8) is 0 Å². The number of carbonyl (C=O) groups is 2. The molecule has 8 nitrogen and oxygen atoms in total. The van der Waals surface area contributed by atoms with Crippen molar-refractivity contribution in [2.24, 2.45) is 0 Å². The molecule has 3 N–H and O–H groups in total. The van der Waals surface area contributed by atoms with Crippen LogP contribution in [0.4, 0.5) is 0 Å². The van der Waals surface area contributed by atoms with E-state index in [2.05, 4.69) is 10.2 Å². The quantitative estimate of drug-likeness (QED) is 0.629. The Balaban J connectivity index is 1.79. The van der Waals surface area contributed by atoms with Gasteiger partial charge in [-0.25, -0.2) is 4.79 Å². The predicted molar refractivity (Wildman–Crippen MR) is 101 cm³/mol. The van der Waals surface area contributed by atoms with Gasteiger partial charge in [-0.3, -0.25) is 9.69 Å². The van der Waals surface area contributed by atoms with Crippen LogP contribution in [0.3, 0.4) is 0 Å². The maximum atomic E-state index is 13.1. The fourth-order valence-electron chi connectivity index (χ4n) is 3.88. The highest BCUT2D eigenvalue weighted by atomic mass is 16.5. The van der Waals surface area contributed by atoms with Crippen molar-refractivity contribution in [2.45, 2.75) is 30.7 Å². The second kappa shape index (κ2) is 7.50. The van der Waals surface area contributed by atoms with Crippen molar-refractivity contribution in [3.8, 4) is 5.75 Å². The number of likely N-dealkylation sites (tertiary alicyclic amines) is 1. The number of fused-ring (bicyclic) bond motifs is 1. The van der Waals surface area contributed by atoms with E-state index < -0.39 is 24.6 Å². The Labute approximate surface area is 159 Å². The summed E-state index contributed by atoms with van der Waals surface area (Å²) in [6.45, 7) is 1.64. The van der Waals surface area contributed by atoms with Crippen LogP contribution in [-0.4, -0.2) is 84.6 Å². The molecule has 2 aliphatic heterocycles. The Kier molecular flexibility index (Phi) is 5.46. The largest absolute Gasteiger partial charge is 0.547 e. The Hall–Kier alpha value is -2.10. The van der Waals surface area contributed by atoms with Gasteiger partial charge in [-0.05, 0) is 52.0 Å². The van der Waals surface area contributed by atoms with Gasteiger partial charge in [-0.1, -0.05) is 12.1 Å². The molecular formula is C18H26BN3O5. The van der Waals surface area contributed by atoms with Gasteiger partial charge in [0, 0.05) is 13.1 Å². The van der Waals surface area contributed by atoms with Crippen molar-refractivity contribution in [2.75, 3.05) is 34.2 Å². The second-order valence-electron chi connectivity index (χ2n) is 7.62. The van der Waals surface area contributed by atoms with Crippen LogP contribution in [0.15, 0.2) is 18.2 Å². The smallest absolute Gasteiger partial charge is 0.534 e. The maximum absolute atomic E-state index is 13.1. The first-order valence-electron chi connectivity index (χ1n) is 9.11. The van der Waals surface area contributed by atoms with E-state index in [0.29, 0.717) is 24.8 Å². The predicted octanol–water partition coefficient (Wildman–Crippen LogP) is -0.150. The molecule has 1 saturated heterocycles. The van der Waals surface area contributed by atoms with Gasteiger partial charge < -0.3 is 25.0 Å². The van der Waals surface area contributed by atoms with Crippen LogP contribution in [0.25, 0.3) is 0 Å². The van der Waals surface area contributed by atoms with Crippen LogP contribution in [0.2, 0.25) is 0 Å². The highest BCUT2D eigenvalue weighted by Gasteiger charge is 2.46. The summed E-state index contributed by atoms with van der Waals surface area (Å²) in [6.07, 6.45) is 1.71. The van der Waals surface area contributed by atoms with E-state index in [1.54, 1.807) is 12.1 Å². The third kappa shape index (κ3) is 3.67. The number of piperidine rings is 1. The molecule has 1 amide bonds. The number of nitrogens with one attached hydrogen (secondary N) is 1. The Morgan fingerprint density at radius 2 is 2.00 bits per heavy atom. The molecule has 27 heavy (non-hydrogen) atoms. The van der Waals surface area contributed by atoms with Crippen molar-refractivity contribution < 1.29 is 24.4 Å². The highest BCUT2D eigenvalue weighted by molar-refractivity contribution is 6.47. The van der Waals surface area contributed by atoms with Gasteiger partial charge in [-0.2, -0.15) is 0 Å². The molecule has 0 aliphatic carbocycles. The number of hydrogen-bond donors (Lipinski definition) is 3. The summed E-state index contributed by atoms with van der Waals surface area (Å²) in [5.74, 6) is -1.71. The number of para-hydroxylation sites is 1. The average Bonchev–Trinajstić information content (AvgIpc) is 2.62. The fraction of sp³-hybridized carbons (Fsp3) is 0.556. The molecule has 0 radical (unpaired) electrons. The number of carboxylic acids is 1. The van der Waals surface area contributed by atoms with Crippen LogP contribution in [-0.2, 0) is 11.2 Å². The van der Waals surface area contributed by atoms with E-state index in [-0.39, 0.29) is 17.2 Å². The number of carboxylic acid groups (broad SMARTS) is 1. The number of carbonyl (C=O) groups excluding carboxylic acids is 1. The number of amides is 1. The Morgan fingerprint density at radius 3 is 2.59 bits per heavy atom. The minimum Gasteiger partial charge on any atom is -0.534 e. The molecule has 9 heteroatoms. The lowest BCUT2D eigenvalue weighted by molar-refractivity contribution is -0.135. The molecule has 1 aromatic rings. The molecular weight excluding hydrogens is 349 g/mol. The molecule has 2 aliphatic rings. The zero-order valence-electron chi connectivity index (χ0n) is 15.9. The molecule has 2 heterocycles. The first-order chi connectivity index (χ1) is 12.7. The SMILES string of the molecule is CN1CCC(C(=O)NC2Cc3cccc(C(=O)O)c3OB2O)(N(C)C)CC1. The normalized spacial score (nSPS) is 22.1. The zero-order chi connectivity index (χ0) is 19.8. The minimum absolute atomic E-state index is 0.0106. The molecule has 1 fully saturated rings. The van der Waals surface area contributed by atoms with E-state index in [1.165, 1.54) is 6.07 Å². The Morgan fingerprint density at radius 1 is 1.33 bits per heavy atom. The molecule has 1 unspecified atom stereocenters. The van der Waals surface area contributed by atoms with Crippen LogP contribution < -0.4 is 9.97 Å². The van der Waals surface area contributed by atoms with Gasteiger partial charge in [0.05, 0.1) is 11.5 Å². The van der Waals surface area contributed by atoms with Crippen LogP contribution in [0.5, 0.6) is 5.75 Å². The molecule has 1 aromatic carbocycles. The van der Waals surface area contributed by atoms with Crippen LogP contribution in [0.1, 0.15) is 28.8 Å². The summed E-state index contributed by atoms with van der Waals surface area (Å²) < 4.78 is 5.47. The van der Waals surface area contributed by atoms with Gasteiger partial charge in [-0.15, -0.1) is 0 Å². The second-order valence-corrected chi connectivity index (χ2v) is 7.62. The molecule has 3 rings (SSSR count). The lowest BCUT2D eigenvalue weighted by Crippen LogP contribution is -2.64. The average molecular weight is 375 g/mol. The first kappa shape index (κ1) is 19.7. The number of likely N-dealkylation sites (N-methyl/N-ethyl adjacent to an activating group) is 1. The monoisotopic (exact) mass is 375 g/mol. The lowest BCUT2D eigenvalue weighted by Gasteiger charge is -2.44. The van der Waals surface area contributed by atoms with Gasteiger partial charge in [0.1, 0.15) is 11.3 Å². The number of benzene rings is 1. The standard InChI is InChI=1S/C18H26BN3O5/c1-21(2)18(7-9-22(3)10-8-18)17(25)20-14-11-12-5-4-6-13(16(23)24)15(12)27-19(14)26/h4-6,14,26H,7-11H2,1-3H3,(H,20,25)(H,23,24). The van der Waals surface area contributed by atoms with Crippen molar-refractivity contribution in [1.82, 2.24) is 15.1 Å². The summed E-state index contributed by atoms with van der Waals surface area (Å²) in [5.41, 5.74) is 0.0410. The van der Waals surface area contributed by atoms with E-state index in [4.69, 9.17) is 4.65 Å². The van der Waals surface area contributed by atoms with E-state index >= 15 is 0 Å². The van der Waals surface area contributed by atoms with Crippen LogP contribution >= 0.6 is 0 Å². The maximum Gasteiger partial charge on any atom is 0.547 e. The summed E-state index contributed by atoms with van der Waals surface area (Å²) in [5, 5.41) is 22.6. The summed E-state index contributed by atoms with van der Waals surface area (Å²) in [6, 6.07) is 4.83. The first-order valence-corrected chi connectivity index (χ1v) is 9.11. The molecule has 1 atom stereocenters. The minimum atomic E-state index is -1.30. The summed E-state index contributed by atoms with van der Waals surface area (Å²) in [4.78, 5) is 28.6. The Bertz CT molecular complexity index is 734. The molecule has 0 aromatic heterocycles. The number of rotatable bonds is 4. The number of aromatic carboxylic acids is 1. The van der Waals surface area contributed by atoms with Crippen molar-refractivity contribution in [3.05, 3.63) is 29.3 Å². The summed E-state index contributed by atoms with van der Waals surface area (Å²) >= 11 is 0. The zero-order valence-corrected chi connectivity index (χ0v) is 15.9. The lowest BCUT2D eigenvalue weighted by atomic mass is 9.71. The van der Waals surface area contributed by atoms with Gasteiger partial charge >= 0.3 is 13.1 Å². The van der Waals surface area contributed by atoms with Crippen LogP contribution in [0, 0.1) is 0 Å². The molecule has 0 saturated carbocycles. The van der Waals surface area contributed by atoms with E-state index in [9.17, 15) is 19.7 Å². The number of hydrogen-bond acceptors (Lipinski definition) is 6. The van der Waals surface area contributed by atoms with Gasteiger partial charge in [0.15, 0.2) is 0 Å². The highest BCUT2D eigenvalue weighted by Crippen LogP contribution is 2.31. The summed E-state index contributed by atoms with van der Waals surface area (Å²) in [7, 11) is 4.53. The fourth-order valence-corrected chi connectivity index (χ4v) is 3.88.